The molecule has 0 unspecified atom stereocenters. The summed E-state index contributed by atoms with van der Waals surface area (Å²) in [5.41, 5.74) is 2.00. The SMILES string of the molecule is COC(=O)C1CCN(C(=O)N[C@H]2CC(=O)N(c3ccc(C)cc3)C2)CC1. The number of aryl methyl sites for hydroxylation is 1. The number of ether oxygens (including phenoxy) is 1. The molecule has 1 aromatic rings. The monoisotopic (exact) mass is 359 g/mol. The molecule has 0 aromatic heterocycles. The number of carbonyl (C=O) groups is 3. The third kappa shape index (κ3) is 3.98. The smallest absolute Gasteiger partial charge is 0.317 e. The lowest BCUT2D eigenvalue weighted by Crippen LogP contribution is -2.49. The highest BCUT2D eigenvalue weighted by Gasteiger charge is 2.34. The van der Waals surface area contributed by atoms with E-state index in [1.807, 2.05) is 31.2 Å². The Morgan fingerprint density at radius 3 is 2.42 bits per heavy atom. The van der Waals surface area contributed by atoms with Crippen LogP contribution in [0.1, 0.15) is 24.8 Å². The van der Waals surface area contributed by atoms with Crippen molar-refractivity contribution in [2.24, 2.45) is 5.92 Å². The summed E-state index contributed by atoms with van der Waals surface area (Å²) < 4.78 is 4.76. The van der Waals surface area contributed by atoms with E-state index in [2.05, 4.69) is 5.32 Å². The van der Waals surface area contributed by atoms with Crippen LogP contribution >= 0.6 is 0 Å². The first kappa shape index (κ1) is 18.2. The summed E-state index contributed by atoms with van der Waals surface area (Å²) in [6.07, 6.45) is 1.52. The molecule has 1 aromatic carbocycles. The van der Waals surface area contributed by atoms with Gasteiger partial charge in [-0.25, -0.2) is 4.79 Å². The summed E-state index contributed by atoms with van der Waals surface area (Å²) in [5.74, 6) is -0.321. The first-order valence-electron chi connectivity index (χ1n) is 8.98. The predicted molar refractivity (Wildman–Crippen MR) is 96.8 cm³/mol. The average Bonchev–Trinajstić information content (AvgIpc) is 3.02. The number of nitrogens with one attached hydrogen (secondary N) is 1. The van der Waals surface area contributed by atoms with E-state index >= 15 is 0 Å². The Bertz CT molecular complexity index is 681. The van der Waals surface area contributed by atoms with Crippen molar-refractivity contribution in [2.75, 3.05) is 31.6 Å². The first-order chi connectivity index (χ1) is 12.5. The molecule has 0 radical (unpaired) electrons. The van der Waals surface area contributed by atoms with E-state index in [0.29, 0.717) is 38.9 Å². The number of rotatable bonds is 3. The molecule has 7 heteroatoms. The highest BCUT2D eigenvalue weighted by atomic mass is 16.5. The largest absolute Gasteiger partial charge is 0.469 e. The number of carbonyl (C=O) groups excluding carboxylic acids is 3. The molecule has 3 rings (SSSR count). The number of anilines is 1. The molecule has 2 aliphatic rings. The Balaban J connectivity index is 1.52. The minimum absolute atomic E-state index is 0.0172. The highest BCUT2D eigenvalue weighted by Crippen LogP contribution is 2.23. The van der Waals surface area contributed by atoms with E-state index < -0.39 is 0 Å². The summed E-state index contributed by atoms with van der Waals surface area (Å²) in [7, 11) is 1.39. The lowest BCUT2D eigenvalue weighted by atomic mass is 9.97. The van der Waals surface area contributed by atoms with Crippen molar-refractivity contribution in [1.82, 2.24) is 10.2 Å². The Kier molecular flexibility index (Phi) is 5.44. The molecule has 0 bridgehead atoms. The maximum absolute atomic E-state index is 12.5. The molecule has 0 saturated carbocycles. The number of piperidine rings is 1. The zero-order chi connectivity index (χ0) is 18.7. The third-order valence-corrected chi connectivity index (χ3v) is 5.11. The zero-order valence-corrected chi connectivity index (χ0v) is 15.2. The normalized spacial score (nSPS) is 21.0. The number of urea groups is 1. The third-order valence-electron chi connectivity index (χ3n) is 5.11. The van der Waals surface area contributed by atoms with Crippen molar-refractivity contribution in [1.29, 1.82) is 0 Å². The fourth-order valence-corrected chi connectivity index (χ4v) is 3.53. The number of methoxy groups -OCH3 is 1. The van der Waals surface area contributed by atoms with E-state index in [9.17, 15) is 14.4 Å². The maximum atomic E-state index is 12.5. The molecule has 2 saturated heterocycles. The van der Waals surface area contributed by atoms with Gasteiger partial charge in [-0.05, 0) is 31.9 Å². The summed E-state index contributed by atoms with van der Waals surface area (Å²) >= 11 is 0. The molecule has 140 valence electrons. The van der Waals surface area contributed by atoms with E-state index in [4.69, 9.17) is 4.74 Å². The van der Waals surface area contributed by atoms with Gasteiger partial charge in [0.05, 0.1) is 19.1 Å². The maximum Gasteiger partial charge on any atom is 0.317 e. The fourth-order valence-electron chi connectivity index (χ4n) is 3.53. The van der Waals surface area contributed by atoms with Crippen molar-refractivity contribution >= 4 is 23.6 Å². The molecular weight excluding hydrogens is 334 g/mol. The van der Waals surface area contributed by atoms with Crippen molar-refractivity contribution in [3.8, 4) is 0 Å². The Labute approximate surface area is 153 Å². The molecule has 0 spiro atoms. The lowest BCUT2D eigenvalue weighted by Gasteiger charge is -2.31. The van der Waals surface area contributed by atoms with Crippen molar-refractivity contribution in [3.63, 3.8) is 0 Å². The van der Waals surface area contributed by atoms with Crippen LogP contribution in [-0.4, -0.2) is 55.6 Å². The van der Waals surface area contributed by atoms with Gasteiger partial charge >= 0.3 is 12.0 Å². The second-order valence-electron chi connectivity index (χ2n) is 6.97. The topological polar surface area (TPSA) is 79.0 Å². The molecule has 2 fully saturated rings. The predicted octanol–water partition coefficient (Wildman–Crippen LogP) is 1.69. The quantitative estimate of drug-likeness (QED) is 0.833. The van der Waals surface area contributed by atoms with E-state index in [-0.39, 0.29) is 29.9 Å². The van der Waals surface area contributed by atoms with Crippen LogP contribution in [-0.2, 0) is 14.3 Å². The second-order valence-corrected chi connectivity index (χ2v) is 6.97. The van der Waals surface area contributed by atoms with Crippen LogP contribution in [0.2, 0.25) is 0 Å². The van der Waals surface area contributed by atoms with Gasteiger partial charge in [0.15, 0.2) is 0 Å². The van der Waals surface area contributed by atoms with Gasteiger partial charge in [-0.15, -0.1) is 0 Å². The minimum atomic E-state index is -0.208. The standard InChI is InChI=1S/C19H25N3O4/c1-13-3-5-16(6-4-13)22-12-15(11-17(22)23)20-19(25)21-9-7-14(8-10-21)18(24)26-2/h3-6,14-15H,7-12H2,1-2H3,(H,20,25)/t15-/m0/s1. The summed E-state index contributed by atoms with van der Waals surface area (Å²) in [5, 5.41) is 2.96. The van der Waals surface area contributed by atoms with Gasteiger partial charge in [0.1, 0.15) is 0 Å². The first-order valence-corrected chi connectivity index (χ1v) is 8.98. The van der Waals surface area contributed by atoms with Crippen LogP contribution in [0.5, 0.6) is 0 Å². The summed E-state index contributed by atoms with van der Waals surface area (Å²) in [6.45, 7) is 3.52. The Morgan fingerprint density at radius 2 is 1.81 bits per heavy atom. The number of nitrogens with zero attached hydrogens (tertiary/aromatic N) is 2. The van der Waals surface area contributed by atoms with Gasteiger partial charge in [0.25, 0.3) is 0 Å². The van der Waals surface area contributed by atoms with Crippen LogP contribution in [0.15, 0.2) is 24.3 Å². The summed E-state index contributed by atoms with van der Waals surface area (Å²) in [4.78, 5) is 39.7. The number of hydrogen-bond donors (Lipinski definition) is 1. The van der Waals surface area contributed by atoms with Gasteiger partial charge in [0, 0.05) is 31.7 Å². The average molecular weight is 359 g/mol. The van der Waals surface area contributed by atoms with Gasteiger partial charge in [0.2, 0.25) is 5.91 Å². The van der Waals surface area contributed by atoms with Crippen LogP contribution < -0.4 is 10.2 Å². The van der Waals surface area contributed by atoms with Crippen LogP contribution in [0.4, 0.5) is 10.5 Å². The zero-order valence-electron chi connectivity index (χ0n) is 15.2. The molecule has 26 heavy (non-hydrogen) atoms. The molecule has 1 atom stereocenters. The van der Waals surface area contributed by atoms with Crippen molar-refractivity contribution in [3.05, 3.63) is 29.8 Å². The number of esters is 1. The number of hydrogen-bond acceptors (Lipinski definition) is 4. The Morgan fingerprint density at radius 1 is 1.15 bits per heavy atom. The molecule has 7 nitrogen and oxygen atoms in total. The van der Waals surface area contributed by atoms with Crippen LogP contribution in [0, 0.1) is 12.8 Å². The van der Waals surface area contributed by atoms with E-state index in [1.165, 1.54) is 7.11 Å². The molecule has 0 aliphatic carbocycles. The number of likely N-dealkylation sites (tertiary alicyclic amines) is 1. The number of amides is 3. The highest BCUT2D eigenvalue weighted by molar-refractivity contribution is 5.96. The lowest BCUT2D eigenvalue weighted by molar-refractivity contribution is -0.146. The second kappa shape index (κ2) is 7.76. The van der Waals surface area contributed by atoms with Crippen LogP contribution in [0.25, 0.3) is 0 Å². The van der Waals surface area contributed by atoms with Gasteiger partial charge in [-0.1, -0.05) is 17.7 Å². The Hall–Kier alpha value is -2.57. The summed E-state index contributed by atoms with van der Waals surface area (Å²) in [6, 6.07) is 7.43. The van der Waals surface area contributed by atoms with Gasteiger partial charge < -0.3 is 19.9 Å². The number of benzene rings is 1. The molecule has 2 heterocycles. The molecule has 2 aliphatic heterocycles. The molecule has 1 N–H and O–H groups in total. The van der Waals surface area contributed by atoms with Crippen molar-refractivity contribution in [2.45, 2.75) is 32.2 Å². The van der Waals surface area contributed by atoms with Gasteiger partial charge in [-0.2, -0.15) is 0 Å². The molecular formula is C19H25N3O4. The van der Waals surface area contributed by atoms with E-state index in [1.54, 1.807) is 9.80 Å². The van der Waals surface area contributed by atoms with Crippen LogP contribution in [0.3, 0.4) is 0 Å². The minimum Gasteiger partial charge on any atom is -0.469 e. The van der Waals surface area contributed by atoms with Crippen molar-refractivity contribution < 1.29 is 19.1 Å². The van der Waals surface area contributed by atoms with Gasteiger partial charge in [-0.3, -0.25) is 9.59 Å². The van der Waals surface area contributed by atoms with E-state index in [0.717, 1.165) is 11.3 Å². The molecule has 3 amide bonds. The fraction of sp³-hybridized carbons (Fsp3) is 0.526.